The van der Waals surface area contributed by atoms with Crippen LogP contribution in [0, 0.1) is 0 Å². The van der Waals surface area contributed by atoms with Crippen molar-refractivity contribution in [2.75, 3.05) is 0 Å². The molecule has 1 unspecified atom stereocenters. The Hall–Kier alpha value is -4.14. The molecule has 0 saturated carbocycles. The Morgan fingerprint density at radius 1 is 0.532 bits per heavy atom. The molecule has 6 atom stereocenters. The molecule has 5 aromatic carbocycles. The first kappa shape index (κ1) is 32.8. The van der Waals surface area contributed by atoms with Gasteiger partial charge in [-0.1, -0.05) is 152 Å². The Morgan fingerprint density at radius 2 is 0.957 bits per heavy atom. The van der Waals surface area contributed by atoms with Gasteiger partial charge in [0.1, 0.15) is 24.4 Å². The summed E-state index contributed by atoms with van der Waals surface area (Å²) in [5, 5.41) is 12.0. The van der Waals surface area contributed by atoms with Crippen molar-refractivity contribution in [3.8, 4) is 0 Å². The van der Waals surface area contributed by atoms with E-state index in [1.807, 2.05) is 152 Å². The summed E-state index contributed by atoms with van der Waals surface area (Å²) < 4.78 is 33.0. The average molecular weight is 631 g/mol. The minimum atomic E-state index is -0.997. The number of hydrogen-bond acceptors (Lipinski definition) is 6. The summed E-state index contributed by atoms with van der Waals surface area (Å²) in [6, 6.07) is 49.7. The van der Waals surface area contributed by atoms with Crippen molar-refractivity contribution in [1.29, 1.82) is 0 Å². The normalized spacial score (nSPS) is 19.6. The third-order valence-corrected chi connectivity index (χ3v) is 8.36. The second-order valence-electron chi connectivity index (χ2n) is 11.8. The van der Waals surface area contributed by atoms with Gasteiger partial charge in [0.15, 0.2) is 6.29 Å². The first-order chi connectivity index (χ1) is 23.2. The van der Waals surface area contributed by atoms with Crippen LogP contribution < -0.4 is 0 Å². The number of aliphatic hydroxyl groups excluding tert-OH is 1. The van der Waals surface area contributed by atoms with Crippen LogP contribution in [0.15, 0.2) is 152 Å². The Kier molecular flexibility index (Phi) is 12.0. The maximum Gasteiger partial charge on any atom is 0.161 e. The van der Waals surface area contributed by atoms with E-state index in [1.165, 1.54) is 0 Å². The molecule has 0 spiro atoms. The van der Waals surface area contributed by atoms with Crippen LogP contribution in [0.5, 0.6) is 0 Å². The first-order valence-corrected chi connectivity index (χ1v) is 16.2. The second kappa shape index (κ2) is 17.1. The van der Waals surface area contributed by atoms with Gasteiger partial charge in [0, 0.05) is 6.42 Å². The number of rotatable bonds is 16. The molecule has 0 bridgehead atoms. The van der Waals surface area contributed by atoms with Gasteiger partial charge in [0.25, 0.3) is 0 Å². The topological polar surface area (TPSA) is 66.4 Å². The molecule has 47 heavy (non-hydrogen) atoms. The van der Waals surface area contributed by atoms with Gasteiger partial charge < -0.3 is 28.8 Å². The molecule has 1 aliphatic rings. The fourth-order valence-electron chi connectivity index (χ4n) is 5.86. The molecule has 5 aromatic rings. The highest BCUT2D eigenvalue weighted by molar-refractivity contribution is 5.21. The highest BCUT2D eigenvalue weighted by Gasteiger charge is 2.47. The summed E-state index contributed by atoms with van der Waals surface area (Å²) >= 11 is 0. The van der Waals surface area contributed by atoms with Crippen LogP contribution in [0.2, 0.25) is 0 Å². The monoisotopic (exact) mass is 630 g/mol. The van der Waals surface area contributed by atoms with E-state index in [1.54, 1.807) is 0 Å². The van der Waals surface area contributed by atoms with Crippen molar-refractivity contribution in [3.05, 3.63) is 179 Å². The smallest absolute Gasteiger partial charge is 0.161 e. The minimum Gasteiger partial charge on any atom is -0.386 e. The Bertz CT molecular complexity index is 1570. The largest absolute Gasteiger partial charge is 0.386 e. The van der Waals surface area contributed by atoms with Crippen LogP contribution in [0.4, 0.5) is 0 Å². The number of ether oxygens (including phenoxy) is 5. The van der Waals surface area contributed by atoms with E-state index in [2.05, 4.69) is 0 Å². The van der Waals surface area contributed by atoms with Crippen LogP contribution >= 0.6 is 0 Å². The number of benzene rings is 5. The predicted octanol–water partition coefficient (Wildman–Crippen LogP) is 7.81. The van der Waals surface area contributed by atoms with E-state index in [9.17, 15) is 5.11 Å². The van der Waals surface area contributed by atoms with Crippen molar-refractivity contribution >= 4 is 0 Å². The zero-order valence-electron chi connectivity index (χ0n) is 26.4. The summed E-state index contributed by atoms with van der Waals surface area (Å²) in [4.78, 5) is 0. The number of aliphatic hydroxyl groups is 1. The molecule has 242 valence electrons. The molecular formula is C41H42O6. The van der Waals surface area contributed by atoms with Crippen LogP contribution in [0.25, 0.3) is 0 Å². The maximum absolute atomic E-state index is 12.0. The fraction of sp³-hybridized carbons (Fsp3) is 0.268. The molecule has 0 aromatic heterocycles. The van der Waals surface area contributed by atoms with Gasteiger partial charge in [-0.2, -0.15) is 0 Å². The van der Waals surface area contributed by atoms with Gasteiger partial charge >= 0.3 is 0 Å². The van der Waals surface area contributed by atoms with Gasteiger partial charge in [-0.05, 0) is 27.8 Å². The van der Waals surface area contributed by atoms with E-state index < -0.39 is 30.7 Å². The molecule has 0 amide bonds. The van der Waals surface area contributed by atoms with Gasteiger partial charge in [0.2, 0.25) is 0 Å². The third kappa shape index (κ3) is 9.46. The van der Waals surface area contributed by atoms with Crippen molar-refractivity contribution < 1.29 is 28.8 Å². The van der Waals surface area contributed by atoms with Gasteiger partial charge in [-0.3, -0.25) is 0 Å². The second-order valence-corrected chi connectivity index (χ2v) is 11.8. The Labute approximate surface area is 277 Å². The lowest BCUT2D eigenvalue weighted by Crippen LogP contribution is -2.49. The summed E-state index contributed by atoms with van der Waals surface area (Å²) in [6.45, 7) is 1.40. The zero-order valence-corrected chi connectivity index (χ0v) is 26.4. The SMILES string of the molecule is O[C@H](c1ccccc1)[C@@H](OCc1ccccc1)[C@H](OCc1ccccc1)[C@H]1OC(OCc2ccccc2)C[C@H]1OCc1ccccc1. The summed E-state index contributed by atoms with van der Waals surface area (Å²) in [6.07, 6.45) is -3.51. The Balaban J connectivity index is 1.31. The van der Waals surface area contributed by atoms with Crippen LogP contribution in [0.3, 0.4) is 0 Å². The van der Waals surface area contributed by atoms with Gasteiger partial charge in [-0.15, -0.1) is 0 Å². The molecule has 6 rings (SSSR count). The lowest BCUT2D eigenvalue weighted by molar-refractivity contribution is -0.215. The third-order valence-electron chi connectivity index (χ3n) is 8.36. The minimum absolute atomic E-state index is 0.288. The average Bonchev–Trinajstić information content (AvgIpc) is 3.55. The fourth-order valence-corrected chi connectivity index (χ4v) is 5.86. The van der Waals surface area contributed by atoms with Crippen LogP contribution in [-0.2, 0) is 50.1 Å². The highest BCUT2D eigenvalue weighted by Crippen LogP contribution is 2.35. The summed E-state index contributed by atoms with van der Waals surface area (Å²) in [5.74, 6) is 0. The molecule has 1 saturated heterocycles. The van der Waals surface area contributed by atoms with Crippen LogP contribution in [-0.4, -0.2) is 35.8 Å². The van der Waals surface area contributed by atoms with E-state index >= 15 is 0 Å². The molecule has 1 N–H and O–H groups in total. The van der Waals surface area contributed by atoms with Crippen molar-refractivity contribution in [3.63, 3.8) is 0 Å². The molecule has 6 heteroatoms. The van der Waals surface area contributed by atoms with E-state index in [0.29, 0.717) is 26.2 Å². The first-order valence-electron chi connectivity index (χ1n) is 16.2. The molecule has 6 nitrogen and oxygen atoms in total. The van der Waals surface area contributed by atoms with Crippen molar-refractivity contribution in [2.24, 2.45) is 0 Å². The molecule has 1 aliphatic heterocycles. The van der Waals surface area contributed by atoms with Crippen molar-refractivity contribution in [1.82, 2.24) is 0 Å². The van der Waals surface area contributed by atoms with Gasteiger partial charge in [-0.25, -0.2) is 0 Å². The summed E-state index contributed by atoms with van der Waals surface area (Å²) in [5.41, 5.74) is 4.85. The predicted molar refractivity (Wildman–Crippen MR) is 181 cm³/mol. The van der Waals surface area contributed by atoms with E-state index in [-0.39, 0.29) is 12.7 Å². The quantitative estimate of drug-likeness (QED) is 0.120. The van der Waals surface area contributed by atoms with Crippen LogP contribution in [0.1, 0.15) is 40.3 Å². The molecule has 0 radical (unpaired) electrons. The maximum atomic E-state index is 12.0. The lowest BCUT2D eigenvalue weighted by Gasteiger charge is -2.36. The van der Waals surface area contributed by atoms with Gasteiger partial charge in [0.05, 0.1) is 32.5 Å². The standard InChI is InChI=1S/C41H42O6/c42-38(35-24-14-5-15-25-35)40(45-29-33-20-10-3-11-21-33)41(46-30-34-22-12-4-13-23-34)39-36(43-27-31-16-6-1-7-17-31)26-37(47-39)44-28-32-18-8-2-9-19-32/h1-25,36-42H,26-30H2/t36-,37?,38-,39+,40-,41-/m1/s1. The zero-order chi connectivity index (χ0) is 32.1. The molecule has 1 heterocycles. The molecular weight excluding hydrogens is 588 g/mol. The van der Waals surface area contributed by atoms with Crippen molar-refractivity contribution in [2.45, 2.75) is 69.7 Å². The molecule has 0 aliphatic carbocycles. The van der Waals surface area contributed by atoms with E-state index in [0.717, 1.165) is 27.8 Å². The molecule has 1 fully saturated rings. The highest BCUT2D eigenvalue weighted by atomic mass is 16.7. The lowest BCUT2D eigenvalue weighted by atomic mass is 9.94. The van der Waals surface area contributed by atoms with E-state index in [4.69, 9.17) is 23.7 Å². The number of hydrogen-bond donors (Lipinski definition) is 1. The summed E-state index contributed by atoms with van der Waals surface area (Å²) in [7, 11) is 0. The Morgan fingerprint density at radius 3 is 1.47 bits per heavy atom.